The summed E-state index contributed by atoms with van der Waals surface area (Å²) in [5.41, 5.74) is 7.70. The van der Waals surface area contributed by atoms with Gasteiger partial charge in [0.15, 0.2) is 0 Å². The van der Waals surface area contributed by atoms with Crippen LogP contribution in [0.15, 0.2) is 18.2 Å². The molecule has 1 amide bonds. The average molecular weight is 487 g/mol. The number of aliphatic carboxylic acids is 1. The highest BCUT2D eigenvalue weighted by Gasteiger charge is 2.38. The first kappa shape index (κ1) is 28.7. The standard InChI is InChI=1S/C15H21ClN4O5.C2HF3O2/c1-10(21)20(9-14(22)23-2)12-6-11(16)7-13(8-12)24-4-3-5-25-19-15(17)18;3-2(4,5)1(6)7/h6-8H,3-5,9H2,1-2H3,(H4,17,18,19);(H,6,7). The van der Waals surface area contributed by atoms with Gasteiger partial charge in [-0.1, -0.05) is 11.6 Å². The van der Waals surface area contributed by atoms with Crippen molar-refractivity contribution in [1.29, 1.82) is 5.41 Å². The molecule has 1 aromatic carbocycles. The number of anilines is 1. The van der Waals surface area contributed by atoms with Gasteiger partial charge in [-0.05, 0) is 12.1 Å². The molecule has 0 saturated heterocycles. The predicted octanol–water partition coefficient (Wildman–Crippen LogP) is 1.68. The summed E-state index contributed by atoms with van der Waals surface area (Å²) in [4.78, 5) is 38.3. The summed E-state index contributed by atoms with van der Waals surface area (Å²) < 4.78 is 41.9. The number of carbonyl (C=O) groups is 3. The van der Waals surface area contributed by atoms with Crippen molar-refractivity contribution in [3.8, 4) is 5.75 Å². The molecule has 11 nitrogen and oxygen atoms in total. The van der Waals surface area contributed by atoms with Gasteiger partial charge in [-0.3, -0.25) is 19.8 Å². The molecule has 180 valence electrons. The van der Waals surface area contributed by atoms with Crippen LogP contribution in [0.3, 0.4) is 0 Å². The van der Waals surface area contributed by atoms with Crippen LogP contribution in [0, 0.1) is 5.41 Å². The Hall–Kier alpha value is -3.26. The molecule has 0 heterocycles. The van der Waals surface area contributed by atoms with Crippen molar-refractivity contribution in [3.63, 3.8) is 0 Å². The topological polar surface area (TPSA) is 164 Å². The van der Waals surface area contributed by atoms with Gasteiger partial charge in [0.05, 0.1) is 20.3 Å². The zero-order chi connectivity index (χ0) is 24.9. The number of methoxy groups -OCH3 is 1. The van der Waals surface area contributed by atoms with Crippen LogP contribution < -0.4 is 20.9 Å². The Labute approximate surface area is 185 Å². The number of nitrogens with two attached hydrogens (primary N) is 1. The van der Waals surface area contributed by atoms with Crippen LogP contribution in [0.2, 0.25) is 5.02 Å². The van der Waals surface area contributed by atoms with Crippen molar-refractivity contribution in [3.05, 3.63) is 23.2 Å². The Kier molecular flexibility index (Phi) is 12.5. The van der Waals surface area contributed by atoms with Crippen LogP contribution in [0.25, 0.3) is 0 Å². The Morgan fingerprint density at radius 3 is 2.31 bits per heavy atom. The molecule has 15 heteroatoms. The van der Waals surface area contributed by atoms with Gasteiger partial charge in [-0.25, -0.2) is 10.3 Å². The van der Waals surface area contributed by atoms with E-state index in [2.05, 4.69) is 10.2 Å². The van der Waals surface area contributed by atoms with Gasteiger partial charge in [0.2, 0.25) is 11.9 Å². The molecule has 1 rings (SSSR count). The van der Waals surface area contributed by atoms with E-state index in [0.717, 1.165) is 0 Å². The van der Waals surface area contributed by atoms with Crippen molar-refractivity contribution >= 4 is 41.1 Å². The van der Waals surface area contributed by atoms with Gasteiger partial charge in [0.25, 0.3) is 0 Å². The van der Waals surface area contributed by atoms with Gasteiger partial charge in [0, 0.05) is 30.1 Å². The molecule has 0 unspecified atom stereocenters. The molecule has 32 heavy (non-hydrogen) atoms. The third-order valence-corrected chi connectivity index (χ3v) is 3.37. The lowest BCUT2D eigenvalue weighted by atomic mass is 10.2. The summed E-state index contributed by atoms with van der Waals surface area (Å²) in [6, 6.07) is 4.75. The maximum Gasteiger partial charge on any atom is 0.490 e. The smallest absolute Gasteiger partial charge is 0.490 e. The van der Waals surface area contributed by atoms with Gasteiger partial charge in [-0.2, -0.15) is 13.2 Å². The van der Waals surface area contributed by atoms with Crippen LogP contribution in [0.5, 0.6) is 5.75 Å². The first-order valence-electron chi connectivity index (χ1n) is 8.58. The first-order valence-corrected chi connectivity index (χ1v) is 8.96. The molecule has 0 aromatic heterocycles. The molecule has 1 aromatic rings. The third kappa shape index (κ3) is 12.4. The summed E-state index contributed by atoms with van der Waals surface area (Å²) in [5, 5.41) is 14.4. The Bertz CT molecular complexity index is 809. The number of carboxylic acids is 1. The number of hydrogen-bond donors (Lipinski definition) is 4. The molecule has 0 atom stereocenters. The molecule has 0 radical (unpaired) electrons. The Morgan fingerprint density at radius 2 is 1.84 bits per heavy atom. The van der Waals surface area contributed by atoms with Crippen LogP contribution in [-0.2, 0) is 24.0 Å². The number of benzene rings is 1. The van der Waals surface area contributed by atoms with Crippen LogP contribution in [-0.4, -0.2) is 62.0 Å². The quantitative estimate of drug-likeness (QED) is 0.134. The highest BCUT2D eigenvalue weighted by atomic mass is 35.5. The normalized spacial score (nSPS) is 10.3. The molecule has 0 aliphatic heterocycles. The Morgan fingerprint density at radius 1 is 1.25 bits per heavy atom. The molecule has 0 aliphatic carbocycles. The van der Waals surface area contributed by atoms with Crippen LogP contribution in [0.4, 0.5) is 18.9 Å². The zero-order valence-corrected chi connectivity index (χ0v) is 17.7. The lowest BCUT2D eigenvalue weighted by Crippen LogP contribution is -2.34. The summed E-state index contributed by atoms with van der Waals surface area (Å²) in [6.45, 7) is 1.71. The van der Waals surface area contributed by atoms with E-state index < -0.39 is 18.1 Å². The van der Waals surface area contributed by atoms with E-state index in [0.29, 0.717) is 29.5 Å². The number of carbonyl (C=O) groups excluding carboxylic acids is 2. The molecule has 0 spiro atoms. The molecule has 0 fully saturated rings. The molecular weight excluding hydrogens is 465 g/mol. The van der Waals surface area contributed by atoms with Gasteiger partial charge in [-0.15, -0.1) is 0 Å². The van der Waals surface area contributed by atoms with E-state index in [1.807, 2.05) is 0 Å². The number of nitrogens with one attached hydrogen (secondary N) is 2. The summed E-state index contributed by atoms with van der Waals surface area (Å²) in [6.07, 6.45) is -4.55. The number of halogens is 4. The third-order valence-electron chi connectivity index (χ3n) is 3.15. The van der Waals surface area contributed by atoms with Crippen molar-refractivity contribution in [2.24, 2.45) is 5.73 Å². The largest absolute Gasteiger partial charge is 0.493 e. The SMILES string of the molecule is COC(=O)CN(C(C)=O)c1cc(Cl)cc(OCCCONC(=N)N)c1.O=C(O)C(F)(F)F. The Balaban J connectivity index is 0.00000118. The number of hydrogen-bond acceptors (Lipinski definition) is 7. The number of amides is 1. The number of ether oxygens (including phenoxy) is 2. The maximum absolute atomic E-state index is 11.8. The fraction of sp³-hybridized carbons (Fsp3) is 0.412. The molecule has 5 N–H and O–H groups in total. The lowest BCUT2D eigenvalue weighted by molar-refractivity contribution is -0.192. The van der Waals surface area contributed by atoms with Crippen LogP contribution in [0.1, 0.15) is 13.3 Å². The summed E-state index contributed by atoms with van der Waals surface area (Å²) in [7, 11) is 1.25. The second-order valence-electron chi connectivity index (χ2n) is 5.70. The highest BCUT2D eigenvalue weighted by molar-refractivity contribution is 6.31. The molecule has 0 saturated carbocycles. The molecule has 0 aliphatic rings. The van der Waals surface area contributed by atoms with E-state index in [1.54, 1.807) is 18.2 Å². The minimum absolute atomic E-state index is 0.226. The van der Waals surface area contributed by atoms with Crippen molar-refractivity contribution < 1.29 is 47.0 Å². The molecule has 0 bridgehead atoms. The van der Waals surface area contributed by atoms with Crippen LogP contribution >= 0.6 is 11.6 Å². The van der Waals surface area contributed by atoms with E-state index in [-0.39, 0.29) is 25.0 Å². The molecular formula is C17H22ClF3N4O7. The minimum atomic E-state index is -5.08. The highest BCUT2D eigenvalue weighted by Crippen LogP contribution is 2.27. The zero-order valence-electron chi connectivity index (χ0n) is 17.0. The van der Waals surface area contributed by atoms with Crippen molar-refractivity contribution in [2.75, 3.05) is 31.8 Å². The maximum atomic E-state index is 11.8. The van der Waals surface area contributed by atoms with Gasteiger partial charge >= 0.3 is 18.1 Å². The van der Waals surface area contributed by atoms with Gasteiger partial charge in [0.1, 0.15) is 12.3 Å². The van der Waals surface area contributed by atoms with Crippen molar-refractivity contribution in [1.82, 2.24) is 5.48 Å². The van der Waals surface area contributed by atoms with Crippen molar-refractivity contribution in [2.45, 2.75) is 19.5 Å². The monoisotopic (exact) mass is 486 g/mol. The fourth-order valence-corrected chi connectivity index (χ4v) is 2.03. The number of esters is 1. The first-order chi connectivity index (χ1) is 14.8. The number of hydroxylamine groups is 1. The number of alkyl halides is 3. The van der Waals surface area contributed by atoms with E-state index in [9.17, 15) is 22.8 Å². The summed E-state index contributed by atoms with van der Waals surface area (Å²) in [5.74, 6) is -3.48. The van der Waals surface area contributed by atoms with E-state index >= 15 is 0 Å². The van der Waals surface area contributed by atoms with E-state index in [1.165, 1.54) is 18.9 Å². The number of carboxylic acid groups (broad SMARTS) is 1. The number of guanidine groups is 1. The fourth-order valence-electron chi connectivity index (χ4n) is 1.82. The second kappa shape index (κ2) is 13.9. The lowest BCUT2D eigenvalue weighted by Gasteiger charge is -2.21. The van der Waals surface area contributed by atoms with E-state index in [4.69, 9.17) is 42.2 Å². The predicted molar refractivity (Wildman–Crippen MR) is 106 cm³/mol. The van der Waals surface area contributed by atoms with Gasteiger partial charge < -0.3 is 25.2 Å². The second-order valence-corrected chi connectivity index (χ2v) is 6.13. The minimum Gasteiger partial charge on any atom is -0.493 e. The average Bonchev–Trinajstić information content (AvgIpc) is 2.67. The summed E-state index contributed by atoms with van der Waals surface area (Å²) >= 11 is 6.06. The number of rotatable bonds is 9. The number of nitrogens with zero attached hydrogens (tertiary/aromatic N) is 1.